The highest BCUT2D eigenvalue weighted by atomic mass is 35.5. The molecule has 0 saturated heterocycles. The summed E-state index contributed by atoms with van der Waals surface area (Å²) in [7, 11) is 0. The molecule has 0 bridgehead atoms. The number of Topliss-reactive ketones (excluding diaryl/α,β-unsaturated/α-hetero) is 1. The minimum absolute atomic E-state index is 0.257. The zero-order valence-electron chi connectivity index (χ0n) is 13.3. The summed E-state index contributed by atoms with van der Waals surface area (Å²) < 4.78 is 0. The van der Waals surface area contributed by atoms with Crippen LogP contribution in [0.5, 0.6) is 0 Å². The molecule has 2 heteroatoms. The van der Waals surface area contributed by atoms with Gasteiger partial charge in [-0.05, 0) is 54.5 Å². The van der Waals surface area contributed by atoms with Gasteiger partial charge in [0.25, 0.3) is 0 Å². The van der Waals surface area contributed by atoms with Gasteiger partial charge in [0.15, 0.2) is 0 Å². The molecule has 0 aliphatic rings. The van der Waals surface area contributed by atoms with Crippen LogP contribution in [0.1, 0.15) is 27.0 Å². The predicted molar refractivity (Wildman–Crippen MR) is 102 cm³/mol. The Kier molecular flexibility index (Phi) is 5.32. The molecule has 0 unspecified atom stereocenters. The first kappa shape index (κ1) is 16.6. The molecule has 0 amide bonds. The van der Waals surface area contributed by atoms with Crippen molar-refractivity contribution in [2.24, 2.45) is 0 Å². The van der Waals surface area contributed by atoms with Crippen molar-refractivity contribution in [2.45, 2.75) is 0 Å². The van der Waals surface area contributed by atoms with Crippen LogP contribution in [0.2, 0.25) is 5.02 Å². The number of hydrogen-bond acceptors (Lipinski definition) is 1. The maximum atomic E-state index is 12.4. The van der Waals surface area contributed by atoms with Gasteiger partial charge in [0.2, 0.25) is 5.78 Å². The summed E-state index contributed by atoms with van der Waals surface area (Å²) in [6, 6.07) is 23.9. The fourth-order valence-corrected chi connectivity index (χ4v) is 2.31. The Morgan fingerprint density at radius 2 is 1.32 bits per heavy atom. The zero-order chi connectivity index (χ0) is 17.5. The van der Waals surface area contributed by atoms with Crippen molar-refractivity contribution in [2.75, 3.05) is 0 Å². The summed E-state index contributed by atoms with van der Waals surface area (Å²) in [6.07, 6.45) is 0. The summed E-state index contributed by atoms with van der Waals surface area (Å²) in [5.74, 6) is 11.4. The number of carbonyl (C=O) groups excluding carboxylic acids is 1. The Morgan fingerprint density at radius 1 is 0.680 bits per heavy atom. The van der Waals surface area contributed by atoms with Crippen LogP contribution in [-0.2, 0) is 0 Å². The van der Waals surface area contributed by atoms with E-state index < -0.39 is 0 Å². The molecule has 3 rings (SSSR count). The topological polar surface area (TPSA) is 17.1 Å². The van der Waals surface area contributed by atoms with Gasteiger partial charge in [-0.1, -0.05) is 59.7 Å². The molecule has 0 N–H and O–H groups in total. The first-order valence-corrected chi connectivity index (χ1v) is 8.08. The van der Waals surface area contributed by atoms with Gasteiger partial charge in [-0.2, -0.15) is 0 Å². The van der Waals surface area contributed by atoms with Crippen LogP contribution in [0.3, 0.4) is 0 Å². The van der Waals surface area contributed by atoms with E-state index in [1.54, 1.807) is 30.3 Å². The van der Waals surface area contributed by atoms with Crippen molar-refractivity contribution in [3.63, 3.8) is 0 Å². The summed E-state index contributed by atoms with van der Waals surface area (Å²) in [4.78, 5) is 12.4. The highest BCUT2D eigenvalue weighted by Crippen LogP contribution is 2.10. The van der Waals surface area contributed by atoms with E-state index in [1.165, 1.54) is 0 Å². The molecular weight excluding hydrogens is 328 g/mol. The Morgan fingerprint density at radius 3 is 2.08 bits per heavy atom. The van der Waals surface area contributed by atoms with E-state index >= 15 is 0 Å². The second kappa shape index (κ2) is 8.02. The van der Waals surface area contributed by atoms with Crippen molar-refractivity contribution in [3.8, 4) is 23.7 Å². The lowest BCUT2D eigenvalue weighted by Gasteiger charge is -1.98. The van der Waals surface area contributed by atoms with Gasteiger partial charge in [0.1, 0.15) is 0 Å². The van der Waals surface area contributed by atoms with Crippen molar-refractivity contribution in [1.82, 2.24) is 0 Å². The van der Waals surface area contributed by atoms with E-state index in [2.05, 4.69) is 23.7 Å². The van der Waals surface area contributed by atoms with E-state index in [9.17, 15) is 4.79 Å². The molecule has 0 atom stereocenters. The fourth-order valence-electron chi connectivity index (χ4n) is 2.18. The second-order valence-electron chi connectivity index (χ2n) is 5.25. The molecule has 0 saturated carbocycles. The van der Waals surface area contributed by atoms with E-state index in [0.717, 1.165) is 11.1 Å². The number of ketones is 1. The third kappa shape index (κ3) is 4.61. The summed E-state index contributed by atoms with van der Waals surface area (Å²) in [5, 5.41) is 0.637. The number of benzene rings is 3. The van der Waals surface area contributed by atoms with Gasteiger partial charge in [-0.15, -0.1) is 0 Å². The molecule has 0 aliphatic heterocycles. The molecule has 25 heavy (non-hydrogen) atoms. The highest BCUT2D eigenvalue weighted by Gasteiger charge is 2.06. The van der Waals surface area contributed by atoms with Gasteiger partial charge in [0, 0.05) is 27.3 Å². The number of halogens is 1. The largest absolute Gasteiger partial charge is 0.279 e. The van der Waals surface area contributed by atoms with Crippen LogP contribution in [-0.4, -0.2) is 5.78 Å². The molecule has 1 nitrogen and oxygen atoms in total. The third-order valence-electron chi connectivity index (χ3n) is 3.45. The van der Waals surface area contributed by atoms with E-state index in [4.69, 9.17) is 11.6 Å². The first-order chi connectivity index (χ1) is 12.2. The normalized spacial score (nSPS) is 9.32. The van der Waals surface area contributed by atoms with Crippen molar-refractivity contribution in [1.29, 1.82) is 0 Å². The van der Waals surface area contributed by atoms with Gasteiger partial charge in [-0.25, -0.2) is 0 Å². The van der Waals surface area contributed by atoms with Crippen LogP contribution in [0.25, 0.3) is 0 Å². The van der Waals surface area contributed by atoms with E-state index in [-0.39, 0.29) is 5.78 Å². The molecule has 0 heterocycles. The first-order valence-electron chi connectivity index (χ1n) is 7.70. The molecule has 3 aromatic rings. The maximum absolute atomic E-state index is 12.4. The SMILES string of the molecule is O=C(C#Cc1ccc(Cl)cc1)c1ccccc1C#Cc1ccccc1. The molecule has 118 valence electrons. The highest BCUT2D eigenvalue weighted by molar-refractivity contribution is 6.30. The quantitative estimate of drug-likeness (QED) is 0.451. The van der Waals surface area contributed by atoms with Gasteiger partial charge >= 0.3 is 0 Å². The lowest BCUT2D eigenvalue weighted by Crippen LogP contribution is -1.98. The Hall–Kier alpha value is -3.26. The standard InChI is InChI=1S/C23H13ClO/c24-21-15-11-19(12-16-21)13-17-23(25)22-9-5-4-8-20(22)14-10-18-6-2-1-3-7-18/h1-9,11-12,15-16H. The van der Waals surface area contributed by atoms with Gasteiger partial charge in [0.05, 0.1) is 0 Å². The van der Waals surface area contributed by atoms with Gasteiger partial charge < -0.3 is 0 Å². The van der Waals surface area contributed by atoms with Gasteiger partial charge in [-0.3, -0.25) is 4.79 Å². The van der Waals surface area contributed by atoms with Crippen LogP contribution in [0.4, 0.5) is 0 Å². The molecule has 0 aromatic heterocycles. The second-order valence-corrected chi connectivity index (χ2v) is 5.68. The van der Waals surface area contributed by atoms with Crippen molar-refractivity contribution >= 4 is 17.4 Å². The predicted octanol–water partition coefficient (Wildman–Crippen LogP) is 4.97. The minimum atomic E-state index is -0.257. The average Bonchev–Trinajstić information content (AvgIpc) is 2.67. The Labute approximate surface area is 152 Å². The number of carbonyl (C=O) groups is 1. The summed E-state index contributed by atoms with van der Waals surface area (Å²) >= 11 is 5.85. The number of rotatable bonds is 1. The van der Waals surface area contributed by atoms with Crippen LogP contribution >= 0.6 is 11.6 Å². The minimum Gasteiger partial charge on any atom is -0.279 e. The van der Waals surface area contributed by atoms with Crippen LogP contribution in [0.15, 0.2) is 78.9 Å². The van der Waals surface area contributed by atoms with E-state index in [1.807, 2.05) is 48.5 Å². The molecule has 0 spiro atoms. The summed E-state index contributed by atoms with van der Waals surface area (Å²) in [5.41, 5.74) is 2.82. The fraction of sp³-hybridized carbons (Fsp3) is 0. The molecule has 0 fully saturated rings. The number of hydrogen-bond donors (Lipinski definition) is 0. The molecule has 0 radical (unpaired) electrons. The smallest absolute Gasteiger partial charge is 0.237 e. The lowest BCUT2D eigenvalue weighted by molar-refractivity contribution is 0.105. The summed E-state index contributed by atoms with van der Waals surface area (Å²) in [6.45, 7) is 0. The van der Waals surface area contributed by atoms with Crippen molar-refractivity contribution in [3.05, 3.63) is 106 Å². The molecule has 3 aromatic carbocycles. The maximum Gasteiger partial charge on any atom is 0.237 e. The van der Waals surface area contributed by atoms with E-state index in [0.29, 0.717) is 16.1 Å². The lowest BCUT2D eigenvalue weighted by atomic mass is 10.0. The molecular formula is C23H13ClO. The Bertz CT molecular complexity index is 1010. The monoisotopic (exact) mass is 340 g/mol. The zero-order valence-corrected chi connectivity index (χ0v) is 14.0. The molecule has 0 aliphatic carbocycles. The Balaban J connectivity index is 1.87. The van der Waals surface area contributed by atoms with Crippen LogP contribution < -0.4 is 0 Å². The van der Waals surface area contributed by atoms with Crippen LogP contribution in [0, 0.1) is 23.7 Å². The average molecular weight is 341 g/mol. The van der Waals surface area contributed by atoms with Crippen molar-refractivity contribution < 1.29 is 4.79 Å². The third-order valence-corrected chi connectivity index (χ3v) is 3.70.